The zero-order valence-electron chi connectivity index (χ0n) is 18.1. The summed E-state index contributed by atoms with van der Waals surface area (Å²) in [5.41, 5.74) is 3.34. The first kappa shape index (κ1) is 21.6. The summed E-state index contributed by atoms with van der Waals surface area (Å²) in [5.74, 6) is 0.488. The van der Waals surface area contributed by atoms with Gasteiger partial charge in [0.15, 0.2) is 5.65 Å². The number of hydrogen-bond acceptors (Lipinski definition) is 4. The maximum Gasteiger partial charge on any atom is 0.259 e. The quantitative estimate of drug-likeness (QED) is 0.384. The molecule has 5 rings (SSSR count). The largest absolute Gasteiger partial charge is 0.339 e. The molecule has 1 N–H and O–H groups in total. The van der Waals surface area contributed by atoms with Crippen LogP contribution in [0.5, 0.6) is 0 Å². The van der Waals surface area contributed by atoms with Gasteiger partial charge in [-0.05, 0) is 59.3 Å². The summed E-state index contributed by atoms with van der Waals surface area (Å²) in [7, 11) is 0. The summed E-state index contributed by atoms with van der Waals surface area (Å²) in [5, 5.41) is 7.63. The highest BCUT2D eigenvalue weighted by Crippen LogP contribution is 2.31. The Bertz CT molecular complexity index is 1320. The van der Waals surface area contributed by atoms with Crippen molar-refractivity contribution in [1.82, 2.24) is 19.5 Å². The Labute approximate surface area is 199 Å². The number of carbonyl (C=O) groups excluding carboxylic acids is 1. The minimum atomic E-state index is -0.317. The van der Waals surface area contributed by atoms with Crippen molar-refractivity contribution in [2.75, 3.05) is 18.4 Å². The Kier molecular flexibility index (Phi) is 5.85. The second-order valence-electron chi connectivity index (χ2n) is 8.26. The van der Waals surface area contributed by atoms with Gasteiger partial charge >= 0.3 is 0 Å². The predicted molar refractivity (Wildman–Crippen MR) is 129 cm³/mol. The first-order chi connectivity index (χ1) is 16.0. The normalized spacial score (nSPS) is 14.6. The lowest BCUT2D eigenvalue weighted by molar-refractivity contribution is 0.0713. The number of anilines is 2. The van der Waals surface area contributed by atoms with Crippen molar-refractivity contribution in [2.24, 2.45) is 0 Å². The number of carbonyl (C=O) groups is 1. The van der Waals surface area contributed by atoms with Crippen molar-refractivity contribution >= 4 is 39.0 Å². The average Bonchev–Trinajstić information content (AvgIpc) is 3.23. The maximum absolute atomic E-state index is 14.2. The molecule has 4 aromatic rings. The van der Waals surface area contributed by atoms with E-state index in [2.05, 4.69) is 55.6 Å². The zero-order chi connectivity index (χ0) is 22.9. The molecule has 8 heteroatoms. The minimum Gasteiger partial charge on any atom is -0.339 e. The van der Waals surface area contributed by atoms with Crippen molar-refractivity contribution in [3.8, 4) is 0 Å². The fourth-order valence-corrected chi connectivity index (χ4v) is 4.72. The highest BCUT2D eigenvalue weighted by atomic mass is 79.9. The van der Waals surface area contributed by atoms with Crippen LogP contribution in [0.3, 0.4) is 0 Å². The number of nitrogens with zero attached hydrogens (tertiary/aromatic N) is 4. The summed E-state index contributed by atoms with van der Waals surface area (Å²) in [6.45, 7) is 3.03. The minimum absolute atomic E-state index is 0.112. The van der Waals surface area contributed by atoms with Gasteiger partial charge < -0.3 is 10.2 Å². The van der Waals surface area contributed by atoms with Gasteiger partial charge in [0.1, 0.15) is 17.2 Å². The number of rotatable bonds is 4. The van der Waals surface area contributed by atoms with Gasteiger partial charge in [0, 0.05) is 30.5 Å². The smallest absolute Gasteiger partial charge is 0.259 e. The van der Waals surface area contributed by atoms with Crippen LogP contribution >= 0.6 is 15.9 Å². The van der Waals surface area contributed by atoms with E-state index in [9.17, 15) is 9.18 Å². The molecule has 1 amide bonds. The predicted octanol–water partition coefficient (Wildman–Crippen LogP) is 5.70. The van der Waals surface area contributed by atoms with Gasteiger partial charge in [-0.25, -0.2) is 9.37 Å². The molecule has 0 bridgehead atoms. The summed E-state index contributed by atoms with van der Waals surface area (Å²) in [6.07, 6.45) is 5.02. The lowest BCUT2D eigenvalue weighted by Gasteiger charge is -2.32. The number of hydrogen-bond donors (Lipinski definition) is 1. The second kappa shape index (κ2) is 8.94. The van der Waals surface area contributed by atoms with E-state index in [1.165, 1.54) is 11.6 Å². The first-order valence-corrected chi connectivity index (χ1v) is 11.7. The molecule has 1 aliphatic rings. The Balaban J connectivity index is 1.46. The number of halogens is 2. The Morgan fingerprint density at radius 3 is 2.61 bits per heavy atom. The zero-order valence-corrected chi connectivity index (χ0v) is 19.7. The molecule has 0 atom stereocenters. The van der Waals surface area contributed by atoms with Gasteiger partial charge in [-0.3, -0.25) is 4.79 Å². The second-order valence-corrected chi connectivity index (χ2v) is 9.12. The fraction of sp³-hybridized carbons (Fsp3) is 0.240. The third-order valence-corrected chi connectivity index (χ3v) is 6.85. The molecule has 33 heavy (non-hydrogen) atoms. The summed E-state index contributed by atoms with van der Waals surface area (Å²) in [4.78, 5) is 19.9. The van der Waals surface area contributed by atoms with Gasteiger partial charge in [-0.2, -0.15) is 9.61 Å². The molecule has 2 aromatic heterocycles. The van der Waals surface area contributed by atoms with Gasteiger partial charge in [-0.1, -0.05) is 36.4 Å². The number of amides is 1. The van der Waals surface area contributed by atoms with E-state index in [4.69, 9.17) is 0 Å². The molecule has 1 saturated heterocycles. The summed E-state index contributed by atoms with van der Waals surface area (Å²) < 4.78 is 16.5. The molecule has 0 aliphatic carbocycles. The van der Waals surface area contributed by atoms with E-state index in [0.29, 0.717) is 51.8 Å². The van der Waals surface area contributed by atoms with Crippen LogP contribution in [0.4, 0.5) is 15.9 Å². The number of benzene rings is 2. The van der Waals surface area contributed by atoms with Gasteiger partial charge in [0.2, 0.25) is 0 Å². The van der Waals surface area contributed by atoms with E-state index in [-0.39, 0.29) is 11.7 Å². The van der Waals surface area contributed by atoms with Gasteiger partial charge in [-0.15, -0.1) is 0 Å². The van der Waals surface area contributed by atoms with Crippen molar-refractivity contribution in [2.45, 2.75) is 25.7 Å². The number of aromatic nitrogens is 3. The molecule has 0 saturated carbocycles. The van der Waals surface area contributed by atoms with E-state index < -0.39 is 0 Å². The van der Waals surface area contributed by atoms with Crippen LogP contribution in [0.1, 0.15) is 40.2 Å². The lowest BCUT2D eigenvalue weighted by Crippen LogP contribution is -2.38. The topological polar surface area (TPSA) is 62.5 Å². The molecule has 0 unspecified atom stereocenters. The Morgan fingerprint density at radius 1 is 1.09 bits per heavy atom. The van der Waals surface area contributed by atoms with Crippen molar-refractivity contribution in [1.29, 1.82) is 0 Å². The van der Waals surface area contributed by atoms with Gasteiger partial charge in [0.05, 0.1) is 10.7 Å². The molecule has 6 nitrogen and oxygen atoms in total. The fourth-order valence-electron chi connectivity index (χ4n) is 4.36. The molecule has 1 fully saturated rings. The number of piperidine rings is 1. The molecular formula is C25H23BrFN5O. The highest BCUT2D eigenvalue weighted by Gasteiger charge is 2.28. The average molecular weight is 508 g/mol. The molecule has 2 aromatic carbocycles. The van der Waals surface area contributed by atoms with Crippen LogP contribution in [0.2, 0.25) is 0 Å². The molecule has 0 radical (unpaired) electrons. The Morgan fingerprint density at radius 2 is 1.85 bits per heavy atom. The van der Waals surface area contributed by atoms with Crippen LogP contribution < -0.4 is 5.32 Å². The molecule has 168 valence electrons. The monoisotopic (exact) mass is 507 g/mol. The Hall–Kier alpha value is -3.26. The third-order valence-electron chi connectivity index (χ3n) is 6.29. The van der Waals surface area contributed by atoms with E-state index >= 15 is 0 Å². The third kappa shape index (κ3) is 4.11. The highest BCUT2D eigenvalue weighted by molar-refractivity contribution is 9.10. The van der Waals surface area contributed by atoms with E-state index in [1.807, 2.05) is 11.0 Å². The molecular weight excluding hydrogens is 485 g/mol. The first-order valence-electron chi connectivity index (χ1n) is 10.9. The van der Waals surface area contributed by atoms with Crippen LogP contribution in [0, 0.1) is 12.7 Å². The maximum atomic E-state index is 14.2. The number of nitrogens with one attached hydrogen (secondary N) is 1. The number of likely N-dealkylation sites (tertiary alicyclic amines) is 1. The number of fused-ring (bicyclic) bond motifs is 1. The van der Waals surface area contributed by atoms with Gasteiger partial charge in [0.25, 0.3) is 5.91 Å². The molecule has 0 spiro atoms. The van der Waals surface area contributed by atoms with Crippen molar-refractivity contribution in [3.05, 3.63) is 87.9 Å². The van der Waals surface area contributed by atoms with Crippen LogP contribution in [-0.2, 0) is 0 Å². The van der Waals surface area contributed by atoms with Crippen molar-refractivity contribution < 1.29 is 9.18 Å². The van der Waals surface area contributed by atoms with Crippen LogP contribution in [0.25, 0.3) is 5.65 Å². The standard InChI is InChI=1S/C25H23BrFN5O/c1-16-21(27)8-5-9-22(16)30-23-19(14-28-24-20(26)15-29-32(23)24)25(33)31-12-10-18(11-13-31)17-6-3-2-4-7-17/h2-9,14-15,18,30H,10-13H2,1H3. The van der Waals surface area contributed by atoms with E-state index in [0.717, 1.165) is 12.8 Å². The van der Waals surface area contributed by atoms with E-state index in [1.54, 1.807) is 36.0 Å². The summed E-state index contributed by atoms with van der Waals surface area (Å²) in [6, 6.07) is 15.3. The molecule has 3 heterocycles. The molecule has 1 aliphatic heterocycles. The van der Waals surface area contributed by atoms with Crippen LogP contribution in [-0.4, -0.2) is 38.5 Å². The van der Waals surface area contributed by atoms with Crippen LogP contribution in [0.15, 0.2) is 65.4 Å². The lowest BCUT2D eigenvalue weighted by atomic mass is 9.89. The van der Waals surface area contributed by atoms with Crippen molar-refractivity contribution in [3.63, 3.8) is 0 Å². The summed E-state index contributed by atoms with van der Waals surface area (Å²) >= 11 is 3.45. The SMILES string of the molecule is Cc1c(F)cccc1Nc1c(C(=O)N2CCC(c3ccccc3)CC2)cnc2c(Br)cnn12.